The molecule has 1 N–H and O–H groups in total. The predicted molar refractivity (Wildman–Crippen MR) is 117 cm³/mol. The molecule has 1 saturated heterocycles. The van der Waals surface area contributed by atoms with Gasteiger partial charge in [0, 0.05) is 38.4 Å². The molecule has 1 aliphatic heterocycles. The number of rotatable bonds is 4. The van der Waals surface area contributed by atoms with Crippen LogP contribution in [0.4, 0.5) is 0 Å². The van der Waals surface area contributed by atoms with E-state index >= 15 is 0 Å². The van der Waals surface area contributed by atoms with E-state index in [1.807, 2.05) is 23.1 Å². The number of piperidine rings is 1. The smallest absolute Gasteiger partial charge is 0.250 e. The summed E-state index contributed by atoms with van der Waals surface area (Å²) < 4.78 is 1.53. The number of benzene rings is 1. The molecule has 1 atom stereocenters. The summed E-state index contributed by atoms with van der Waals surface area (Å²) in [5.74, 6) is 0.373. The zero-order chi connectivity index (χ0) is 20.8. The topological polar surface area (TPSA) is 54.3 Å². The van der Waals surface area contributed by atoms with Gasteiger partial charge in [0.2, 0.25) is 11.5 Å². The first-order valence-electron chi connectivity index (χ1n) is 10.0. The highest BCUT2D eigenvalue weighted by Crippen LogP contribution is 2.33. The summed E-state index contributed by atoms with van der Waals surface area (Å²) in [6.45, 7) is 2.39. The minimum Gasteiger partial charge on any atom is -0.335 e. The summed E-state index contributed by atoms with van der Waals surface area (Å²) in [6, 6.07) is 11.1. The van der Waals surface area contributed by atoms with Gasteiger partial charge in [0.1, 0.15) is 0 Å². The summed E-state index contributed by atoms with van der Waals surface area (Å²) in [4.78, 5) is 25.4. The van der Waals surface area contributed by atoms with Gasteiger partial charge in [-0.3, -0.25) is 9.59 Å². The van der Waals surface area contributed by atoms with Crippen LogP contribution in [0.15, 0.2) is 47.4 Å². The Labute approximate surface area is 181 Å². The molecule has 1 unspecified atom stereocenters. The summed E-state index contributed by atoms with van der Waals surface area (Å²) >= 11 is 12.3. The van der Waals surface area contributed by atoms with Gasteiger partial charge in [0.25, 0.3) is 0 Å². The van der Waals surface area contributed by atoms with Crippen LogP contribution in [-0.2, 0) is 18.4 Å². The maximum absolute atomic E-state index is 12.8. The number of pyridine rings is 1. The average molecular weight is 436 g/mol. The summed E-state index contributed by atoms with van der Waals surface area (Å²) in [7, 11) is 1.72. The van der Waals surface area contributed by atoms with E-state index in [9.17, 15) is 9.59 Å². The highest BCUT2D eigenvalue weighted by atomic mass is 35.5. The number of hydrogen-bond acceptors (Lipinski definition) is 3. The van der Waals surface area contributed by atoms with E-state index in [0.717, 1.165) is 44.3 Å². The summed E-state index contributed by atoms with van der Waals surface area (Å²) in [6.07, 6.45) is 5.99. The molecule has 29 heavy (non-hydrogen) atoms. The highest BCUT2D eigenvalue weighted by molar-refractivity contribution is 6.42. The van der Waals surface area contributed by atoms with Crippen LogP contribution in [0.25, 0.3) is 0 Å². The Balaban J connectivity index is 0.000000252. The minimum atomic E-state index is 0.0347. The number of carbonyl (C=O) groups excluding carboxylic acids is 1. The van der Waals surface area contributed by atoms with Crippen molar-refractivity contribution < 1.29 is 4.79 Å². The van der Waals surface area contributed by atoms with Crippen molar-refractivity contribution in [2.45, 2.75) is 38.3 Å². The maximum atomic E-state index is 12.8. The third kappa shape index (κ3) is 6.08. The first-order chi connectivity index (χ1) is 14.0. The Kier molecular flexibility index (Phi) is 7.76. The van der Waals surface area contributed by atoms with Crippen molar-refractivity contribution >= 4 is 29.1 Å². The number of amides is 1. The molecule has 1 aromatic heterocycles. The van der Waals surface area contributed by atoms with Gasteiger partial charge >= 0.3 is 0 Å². The number of aromatic nitrogens is 1. The van der Waals surface area contributed by atoms with E-state index in [4.69, 9.17) is 23.2 Å². The van der Waals surface area contributed by atoms with Crippen LogP contribution in [0.5, 0.6) is 0 Å². The molecule has 0 spiro atoms. The fourth-order valence-electron chi connectivity index (χ4n) is 3.43. The molecule has 4 rings (SSSR count). The molecule has 2 aromatic rings. The van der Waals surface area contributed by atoms with E-state index in [2.05, 4.69) is 5.32 Å². The lowest BCUT2D eigenvalue weighted by atomic mass is 9.97. The van der Waals surface area contributed by atoms with Crippen LogP contribution < -0.4 is 10.9 Å². The monoisotopic (exact) mass is 435 g/mol. The van der Waals surface area contributed by atoms with Gasteiger partial charge in [0.05, 0.1) is 16.0 Å². The second-order valence-electron chi connectivity index (χ2n) is 7.60. The number of carbonyl (C=O) groups is 1. The van der Waals surface area contributed by atoms with Crippen LogP contribution in [0, 0.1) is 5.92 Å². The first kappa shape index (κ1) is 21.9. The van der Waals surface area contributed by atoms with E-state index in [-0.39, 0.29) is 17.4 Å². The first-order valence-corrected chi connectivity index (χ1v) is 10.8. The number of hydrogen-bond donors (Lipinski definition) is 1. The zero-order valence-corrected chi connectivity index (χ0v) is 18.1. The third-order valence-corrected chi connectivity index (χ3v) is 6.15. The second kappa shape index (κ2) is 10.3. The van der Waals surface area contributed by atoms with Gasteiger partial charge in [-0.05, 0) is 49.9 Å². The summed E-state index contributed by atoms with van der Waals surface area (Å²) in [5.41, 5.74) is 0.973. The molecule has 2 fully saturated rings. The van der Waals surface area contributed by atoms with Crippen molar-refractivity contribution in [1.82, 2.24) is 14.8 Å². The number of halogens is 2. The summed E-state index contributed by atoms with van der Waals surface area (Å²) in [5, 5.41) is 4.44. The zero-order valence-electron chi connectivity index (χ0n) is 16.6. The van der Waals surface area contributed by atoms with Gasteiger partial charge in [-0.25, -0.2) is 0 Å². The molecule has 1 aromatic carbocycles. The average Bonchev–Trinajstić information content (AvgIpc) is 3.57. The Morgan fingerprint density at radius 3 is 2.55 bits per heavy atom. The maximum Gasteiger partial charge on any atom is 0.250 e. The lowest BCUT2D eigenvalue weighted by Gasteiger charge is -2.30. The Bertz CT molecular complexity index is 890. The van der Waals surface area contributed by atoms with Crippen molar-refractivity contribution in [3.8, 4) is 0 Å². The fourth-order valence-corrected chi connectivity index (χ4v) is 3.81. The molecule has 156 valence electrons. The molecule has 2 heterocycles. The van der Waals surface area contributed by atoms with Crippen LogP contribution in [0.3, 0.4) is 0 Å². The quantitative estimate of drug-likeness (QED) is 0.792. The molecule has 1 saturated carbocycles. The Hall–Kier alpha value is -1.82. The van der Waals surface area contributed by atoms with Crippen molar-refractivity contribution in [1.29, 1.82) is 0 Å². The molecule has 0 bridgehead atoms. The van der Waals surface area contributed by atoms with Crippen molar-refractivity contribution in [2.75, 3.05) is 13.1 Å². The number of nitrogens with one attached hydrogen (secondary N) is 1. The molecule has 0 radical (unpaired) electrons. The number of nitrogens with zero attached hydrogens (tertiary/aromatic N) is 2. The molecule has 1 aliphatic carbocycles. The van der Waals surface area contributed by atoms with Crippen molar-refractivity contribution in [3.05, 3.63) is 68.6 Å². The predicted octanol–water partition coefficient (Wildman–Crippen LogP) is 3.87. The van der Waals surface area contributed by atoms with Crippen LogP contribution in [-0.4, -0.2) is 34.5 Å². The SMILES string of the molecule is Cn1ccccc1=O.O=C(C1CCCNC1)N(Cc1cccc(Cl)c1Cl)C1CC1. The van der Waals surface area contributed by atoms with Crippen LogP contribution in [0.2, 0.25) is 10.0 Å². The lowest BCUT2D eigenvalue weighted by molar-refractivity contribution is -0.137. The van der Waals surface area contributed by atoms with E-state index < -0.39 is 0 Å². The Morgan fingerprint density at radius 1 is 1.17 bits per heavy atom. The van der Waals surface area contributed by atoms with Crippen molar-refractivity contribution in [3.63, 3.8) is 0 Å². The van der Waals surface area contributed by atoms with Crippen LogP contribution >= 0.6 is 23.2 Å². The van der Waals surface area contributed by atoms with Crippen molar-refractivity contribution in [2.24, 2.45) is 13.0 Å². The minimum absolute atomic E-state index is 0.0347. The van der Waals surface area contributed by atoms with E-state index in [1.54, 1.807) is 25.4 Å². The van der Waals surface area contributed by atoms with Gasteiger partial charge in [0.15, 0.2) is 0 Å². The van der Waals surface area contributed by atoms with Gasteiger partial charge in [-0.1, -0.05) is 41.4 Å². The standard InChI is InChI=1S/C16H20Cl2N2O.C6H7NO/c17-14-5-1-3-12(15(14)18)10-20(13-6-7-13)16(21)11-4-2-8-19-9-11;1-7-5-3-2-4-6(7)8/h1,3,5,11,13,19H,2,4,6-10H2;2-5H,1H3. The number of aryl methyl sites for hydroxylation is 1. The third-order valence-electron chi connectivity index (χ3n) is 5.30. The molecule has 1 amide bonds. The molecule has 7 heteroatoms. The Morgan fingerprint density at radius 2 is 1.97 bits per heavy atom. The molecule has 5 nitrogen and oxygen atoms in total. The van der Waals surface area contributed by atoms with Crippen LogP contribution in [0.1, 0.15) is 31.2 Å². The van der Waals surface area contributed by atoms with Gasteiger partial charge < -0.3 is 14.8 Å². The fraction of sp³-hybridized carbons (Fsp3) is 0.455. The highest BCUT2D eigenvalue weighted by Gasteiger charge is 2.36. The second-order valence-corrected chi connectivity index (χ2v) is 8.39. The van der Waals surface area contributed by atoms with Gasteiger partial charge in [-0.2, -0.15) is 0 Å². The molecular formula is C22H27Cl2N3O2. The molecular weight excluding hydrogens is 409 g/mol. The van der Waals surface area contributed by atoms with Gasteiger partial charge in [-0.15, -0.1) is 0 Å². The largest absolute Gasteiger partial charge is 0.335 e. The normalized spacial score (nSPS) is 18.5. The lowest BCUT2D eigenvalue weighted by Crippen LogP contribution is -2.43. The van der Waals surface area contributed by atoms with E-state index in [1.165, 1.54) is 10.6 Å². The van der Waals surface area contributed by atoms with E-state index in [0.29, 0.717) is 22.6 Å². The molecule has 2 aliphatic rings.